The first-order chi connectivity index (χ1) is 13.6. The minimum Gasteiger partial charge on any atom is -0.381 e. The molecule has 0 bridgehead atoms. The highest BCUT2D eigenvalue weighted by atomic mass is 35.5. The third-order valence-corrected chi connectivity index (χ3v) is 5.58. The number of carbonyl (C=O) groups is 2. The molecular weight excluding hydrogens is 376 g/mol. The molecule has 1 N–H and O–H groups in total. The fourth-order valence-electron chi connectivity index (χ4n) is 3.78. The molecule has 0 spiro atoms. The van der Waals surface area contributed by atoms with Crippen molar-refractivity contribution >= 4 is 34.8 Å². The Morgan fingerprint density at radius 1 is 1.18 bits per heavy atom. The number of rotatable bonds is 4. The maximum Gasteiger partial charge on any atom is 0.229 e. The van der Waals surface area contributed by atoms with Gasteiger partial charge in [0.25, 0.3) is 0 Å². The van der Waals surface area contributed by atoms with E-state index < -0.39 is 0 Å². The number of anilines is 2. The second-order valence-corrected chi connectivity index (χ2v) is 7.79. The smallest absolute Gasteiger partial charge is 0.229 e. The van der Waals surface area contributed by atoms with Crippen molar-refractivity contribution < 1.29 is 14.3 Å². The quantitative estimate of drug-likeness (QED) is 0.840. The molecule has 5 nitrogen and oxygen atoms in total. The van der Waals surface area contributed by atoms with Crippen LogP contribution in [-0.4, -0.2) is 25.0 Å². The molecule has 2 aromatic carbocycles. The Balaban J connectivity index is 1.50. The molecule has 1 saturated heterocycles. The Hall–Kier alpha value is -2.37. The third-order valence-electron chi connectivity index (χ3n) is 5.33. The zero-order valence-electron chi connectivity index (χ0n) is 15.6. The van der Waals surface area contributed by atoms with Gasteiger partial charge in [-0.3, -0.25) is 9.59 Å². The van der Waals surface area contributed by atoms with Crippen molar-refractivity contribution in [2.75, 3.05) is 23.4 Å². The molecule has 146 valence electrons. The van der Waals surface area contributed by atoms with E-state index >= 15 is 0 Å². The van der Waals surface area contributed by atoms with Gasteiger partial charge in [-0.2, -0.15) is 0 Å². The molecule has 4 rings (SSSR count). The zero-order chi connectivity index (χ0) is 19.5. The van der Waals surface area contributed by atoms with Crippen LogP contribution in [-0.2, 0) is 27.3 Å². The molecule has 6 heteroatoms. The van der Waals surface area contributed by atoms with Crippen molar-refractivity contribution in [2.45, 2.75) is 32.2 Å². The Morgan fingerprint density at radius 3 is 2.75 bits per heavy atom. The monoisotopic (exact) mass is 398 g/mol. The topological polar surface area (TPSA) is 58.6 Å². The molecule has 1 unspecified atom stereocenters. The zero-order valence-corrected chi connectivity index (χ0v) is 16.4. The second kappa shape index (κ2) is 8.33. The Labute approximate surface area is 169 Å². The van der Waals surface area contributed by atoms with E-state index in [1.54, 1.807) is 0 Å². The molecule has 0 aliphatic carbocycles. The van der Waals surface area contributed by atoms with Crippen LogP contribution >= 0.6 is 11.6 Å². The highest BCUT2D eigenvalue weighted by molar-refractivity contribution is 6.30. The number of ether oxygens (including phenoxy) is 1. The summed E-state index contributed by atoms with van der Waals surface area (Å²) < 4.78 is 5.41. The fourth-order valence-corrected chi connectivity index (χ4v) is 3.90. The SMILES string of the molecule is O=C(Nc1ccc2c(c1)CCC(=O)N2Cc1ccc(Cl)cc1)C1CCCOC1. The summed E-state index contributed by atoms with van der Waals surface area (Å²) in [6.07, 6.45) is 2.93. The van der Waals surface area contributed by atoms with E-state index in [1.807, 2.05) is 47.4 Å². The third kappa shape index (κ3) is 4.21. The summed E-state index contributed by atoms with van der Waals surface area (Å²) in [5.74, 6) is 0.0240. The summed E-state index contributed by atoms with van der Waals surface area (Å²) in [7, 11) is 0. The van der Waals surface area contributed by atoms with Gasteiger partial charge in [0.2, 0.25) is 11.8 Å². The predicted molar refractivity (Wildman–Crippen MR) is 110 cm³/mol. The molecule has 1 atom stereocenters. The summed E-state index contributed by atoms with van der Waals surface area (Å²) in [5, 5.41) is 3.69. The number of aryl methyl sites for hydroxylation is 1. The lowest BCUT2D eigenvalue weighted by Gasteiger charge is -2.30. The molecular formula is C22H23ClN2O3. The van der Waals surface area contributed by atoms with Gasteiger partial charge in [-0.15, -0.1) is 0 Å². The first-order valence-electron chi connectivity index (χ1n) is 9.66. The van der Waals surface area contributed by atoms with Crippen molar-refractivity contribution in [3.8, 4) is 0 Å². The van der Waals surface area contributed by atoms with Crippen LogP contribution in [0.1, 0.15) is 30.4 Å². The molecule has 0 radical (unpaired) electrons. The van der Waals surface area contributed by atoms with Crippen LogP contribution in [0, 0.1) is 5.92 Å². The predicted octanol–water partition coefficient (Wildman–Crippen LogP) is 4.18. The number of nitrogens with one attached hydrogen (secondary N) is 1. The molecule has 2 heterocycles. The average Bonchev–Trinajstić information content (AvgIpc) is 2.72. The highest BCUT2D eigenvalue weighted by Gasteiger charge is 2.26. The lowest BCUT2D eigenvalue weighted by Crippen LogP contribution is -2.34. The second-order valence-electron chi connectivity index (χ2n) is 7.35. The number of benzene rings is 2. The molecule has 0 aromatic heterocycles. The number of hydrogen-bond acceptors (Lipinski definition) is 3. The number of hydrogen-bond donors (Lipinski definition) is 1. The van der Waals surface area contributed by atoms with Crippen LogP contribution in [0.2, 0.25) is 5.02 Å². The molecule has 2 aliphatic heterocycles. The summed E-state index contributed by atoms with van der Waals surface area (Å²) in [6, 6.07) is 13.3. The Morgan fingerprint density at radius 2 is 2.00 bits per heavy atom. The molecule has 0 saturated carbocycles. The molecule has 28 heavy (non-hydrogen) atoms. The van der Waals surface area contributed by atoms with Gasteiger partial charge in [-0.1, -0.05) is 23.7 Å². The van der Waals surface area contributed by atoms with Crippen LogP contribution < -0.4 is 10.2 Å². The minimum atomic E-state index is -0.0900. The van der Waals surface area contributed by atoms with Crippen LogP contribution in [0.5, 0.6) is 0 Å². The van der Waals surface area contributed by atoms with E-state index in [9.17, 15) is 9.59 Å². The average molecular weight is 399 g/mol. The standard InChI is InChI=1S/C22H23ClN2O3/c23-18-6-3-15(4-7-18)13-25-20-9-8-19(12-16(20)5-10-21(25)26)24-22(27)17-2-1-11-28-14-17/h3-4,6-9,12,17H,1-2,5,10-11,13-14H2,(H,24,27). The lowest BCUT2D eigenvalue weighted by atomic mass is 9.98. The maximum atomic E-state index is 12.5. The molecule has 2 amide bonds. The van der Waals surface area contributed by atoms with Gasteiger partial charge in [0.15, 0.2) is 0 Å². The number of fused-ring (bicyclic) bond motifs is 1. The van der Waals surface area contributed by atoms with Crippen LogP contribution in [0.25, 0.3) is 0 Å². The fraction of sp³-hybridized carbons (Fsp3) is 0.364. The highest BCUT2D eigenvalue weighted by Crippen LogP contribution is 2.32. The summed E-state index contributed by atoms with van der Waals surface area (Å²) in [6.45, 7) is 1.73. The van der Waals surface area contributed by atoms with Gasteiger partial charge in [0, 0.05) is 29.4 Å². The normalized spacial score (nSPS) is 19.2. The van der Waals surface area contributed by atoms with Gasteiger partial charge in [-0.25, -0.2) is 0 Å². The summed E-state index contributed by atoms with van der Waals surface area (Å²) in [4.78, 5) is 26.8. The number of carbonyl (C=O) groups excluding carboxylic acids is 2. The Kier molecular flexibility index (Phi) is 5.64. The van der Waals surface area contributed by atoms with Crippen molar-refractivity contribution in [3.05, 3.63) is 58.6 Å². The molecule has 2 aromatic rings. The number of halogens is 1. The van der Waals surface area contributed by atoms with Crippen molar-refractivity contribution in [1.82, 2.24) is 0 Å². The van der Waals surface area contributed by atoms with Gasteiger partial charge in [0.1, 0.15) is 0 Å². The van der Waals surface area contributed by atoms with Crippen LogP contribution in [0.15, 0.2) is 42.5 Å². The maximum absolute atomic E-state index is 12.5. The largest absolute Gasteiger partial charge is 0.381 e. The van der Waals surface area contributed by atoms with Crippen LogP contribution in [0.3, 0.4) is 0 Å². The van der Waals surface area contributed by atoms with E-state index in [2.05, 4.69) is 5.32 Å². The number of nitrogens with zero attached hydrogens (tertiary/aromatic N) is 1. The van der Waals surface area contributed by atoms with E-state index in [-0.39, 0.29) is 17.7 Å². The van der Waals surface area contributed by atoms with E-state index in [1.165, 1.54) is 0 Å². The number of amides is 2. The molecule has 1 fully saturated rings. The van der Waals surface area contributed by atoms with E-state index in [0.29, 0.717) is 31.0 Å². The summed E-state index contributed by atoms with van der Waals surface area (Å²) >= 11 is 5.96. The van der Waals surface area contributed by atoms with Crippen molar-refractivity contribution in [2.24, 2.45) is 5.92 Å². The van der Waals surface area contributed by atoms with E-state index in [0.717, 1.165) is 42.0 Å². The van der Waals surface area contributed by atoms with Gasteiger partial charge >= 0.3 is 0 Å². The van der Waals surface area contributed by atoms with E-state index in [4.69, 9.17) is 16.3 Å². The lowest BCUT2D eigenvalue weighted by molar-refractivity contribution is -0.123. The van der Waals surface area contributed by atoms with Gasteiger partial charge < -0.3 is 15.0 Å². The minimum absolute atomic E-state index is 0.00422. The van der Waals surface area contributed by atoms with Crippen molar-refractivity contribution in [1.29, 1.82) is 0 Å². The summed E-state index contributed by atoms with van der Waals surface area (Å²) in [5.41, 5.74) is 3.78. The molecule has 2 aliphatic rings. The van der Waals surface area contributed by atoms with Gasteiger partial charge in [-0.05, 0) is 60.7 Å². The first-order valence-corrected chi connectivity index (χ1v) is 10.0. The Bertz CT molecular complexity index is 876. The van der Waals surface area contributed by atoms with Crippen LogP contribution in [0.4, 0.5) is 11.4 Å². The van der Waals surface area contributed by atoms with Gasteiger partial charge in [0.05, 0.1) is 19.1 Å². The first kappa shape index (κ1) is 19.0. The van der Waals surface area contributed by atoms with Crippen molar-refractivity contribution in [3.63, 3.8) is 0 Å².